The van der Waals surface area contributed by atoms with Crippen molar-refractivity contribution in [3.63, 3.8) is 0 Å². The fourth-order valence-electron chi connectivity index (χ4n) is 3.72. The lowest BCUT2D eigenvalue weighted by atomic mass is 10.0. The molecule has 1 heterocycles. The molecule has 4 nitrogen and oxygen atoms in total. The van der Waals surface area contributed by atoms with Crippen LogP contribution in [0, 0.1) is 5.41 Å². The van der Waals surface area contributed by atoms with E-state index in [0.717, 1.165) is 29.9 Å². The molecule has 122 valence electrons. The second-order valence-electron chi connectivity index (χ2n) is 6.48. The molecule has 0 radical (unpaired) electrons. The third-order valence-corrected chi connectivity index (χ3v) is 4.89. The lowest BCUT2D eigenvalue weighted by Gasteiger charge is -2.14. The molecule has 1 aliphatic carbocycles. The van der Waals surface area contributed by atoms with E-state index in [0.29, 0.717) is 0 Å². The van der Waals surface area contributed by atoms with Gasteiger partial charge in [-0.1, -0.05) is 36.4 Å². The molecular formula is C21H18N4. The van der Waals surface area contributed by atoms with Gasteiger partial charge in [0.2, 0.25) is 0 Å². The first kappa shape index (κ1) is 14.1. The van der Waals surface area contributed by atoms with Crippen molar-refractivity contribution >= 4 is 45.9 Å². The molecule has 0 bridgehead atoms. The van der Waals surface area contributed by atoms with E-state index in [4.69, 9.17) is 5.41 Å². The van der Waals surface area contributed by atoms with Crippen LogP contribution in [0.15, 0.2) is 48.5 Å². The lowest BCUT2D eigenvalue weighted by molar-refractivity contribution is 1.11. The number of rotatable bonds is 2. The molecule has 0 unspecified atom stereocenters. The van der Waals surface area contributed by atoms with Gasteiger partial charge < -0.3 is 16.0 Å². The molecule has 4 N–H and O–H groups in total. The average molecular weight is 326 g/mol. The largest absolute Gasteiger partial charge is 0.384 e. The van der Waals surface area contributed by atoms with Crippen molar-refractivity contribution in [3.8, 4) is 0 Å². The molecule has 0 saturated heterocycles. The van der Waals surface area contributed by atoms with Crippen LogP contribution in [0.1, 0.15) is 16.7 Å². The van der Waals surface area contributed by atoms with Crippen LogP contribution in [0.4, 0.5) is 17.1 Å². The lowest BCUT2D eigenvalue weighted by Crippen LogP contribution is -2.21. The Bertz CT molecular complexity index is 1050. The standard InChI is InChI=1S/C21H18N4/c22-21(24-16-6-9-18-15(12-16)10-11-23-18)25-19-8-5-14-3-1-2-13-4-7-17(19)20(13)14/h1-9,12,23H,10-11H2,(H3,22,24,25). The van der Waals surface area contributed by atoms with Crippen LogP contribution in [0.2, 0.25) is 0 Å². The van der Waals surface area contributed by atoms with Gasteiger partial charge in [0, 0.05) is 29.2 Å². The number of hydrogen-bond acceptors (Lipinski definition) is 2. The summed E-state index contributed by atoms with van der Waals surface area (Å²) in [5.74, 6) is 0.277. The first-order chi connectivity index (χ1) is 12.3. The number of hydrogen-bond donors (Lipinski definition) is 4. The summed E-state index contributed by atoms with van der Waals surface area (Å²) < 4.78 is 0. The zero-order valence-corrected chi connectivity index (χ0v) is 13.7. The van der Waals surface area contributed by atoms with Crippen molar-refractivity contribution in [2.45, 2.75) is 6.42 Å². The molecule has 1 aliphatic heterocycles. The van der Waals surface area contributed by atoms with Gasteiger partial charge in [0.1, 0.15) is 0 Å². The van der Waals surface area contributed by atoms with Crippen molar-refractivity contribution in [1.82, 2.24) is 0 Å². The monoisotopic (exact) mass is 326 g/mol. The van der Waals surface area contributed by atoms with Crippen molar-refractivity contribution < 1.29 is 0 Å². The van der Waals surface area contributed by atoms with Gasteiger partial charge in [0.15, 0.2) is 5.96 Å². The van der Waals surface area contributed by atoms with Gasteiger partial charge in [-0.2, -0.15) is 0 Å². The SMILES string of the molecule is N=C(Nc1ccc2c(c1)CCN2)Nc1ccc2cccc3c2c1C=C3. The van der Waals surface area contributed by atoms with E-state index in [9.17, 15) is 0 Å². The summed E-state index contributed by atoms with van der Waals surface area (Å²) >= 11 is 0. The van der Waals surface area contributed by atoms with Crippen molar-refractivity contribution in [3.05, 3.63) is 65.2 Å². The minimum Gasteiger partial charge on any atom is -0.384 e. The summed E-state index contributed by atoms with van der Waals surface area (Å²) in [4.78, 5) is 0. The van der Waals surface area contributed by atoms with Gasteiger partial charge >= 0.3 is 0 Å². The fourth-order valence-corrected chi connectivity index (χ4v) is 3.72. The molecule has 3 aromatic carbocycles. The number of fused-ring (bicyclic) bond motifs is 1. The van der Waals surface area contributed by atoms with Gasteiger partial charge in [0.25, 0.3) is 0 Å². The van der Waals surface area contributed by atoms with Crippen LogP contribution >= 0.6 is 0 Å². The average Bonchev–Trinajstić information content (AvgIpc) is 3.25. The zero-order chi connectivity index (χ0) is 16.8. The topological polar surface area (TPSA) is 59.9 Å². The summed E-state index contributed by atoms with van der Waals surface area (Å²) in [7, 11) is 0. The Kier molecular flexibility index (Phi) is 3.04. The molecule has 3 aromatic rings. The maximum atomic E-state index is 8.30. The zero-order valence-electron chi connectivity index (χ0n) is 13.7. The van der Waals surface area contributed by atoms with Gasteiger partial charge in [0.05, 0.1) is 0 Å². The van der Waals surface area contributed by atoms with Crippen LogP contribution in [0.25, 0.3) is 22.9 Å². The van der Waals surface area contributed by atoms with Gasteiger partial charge in [-0.05, 0) is 52.6 Å². The van der Waals surface area contributed by atoms with Crippen LogP contribution in [0.5, 0.6) is 0 Å². The van der Waals surface area contributed by atoms with Crippen molar-refractivity contribution in [1.29, 1.82) is 5.41 Å². The minimum atomic E-state index is 0.277. The molecule has 0 fully saturated rings. The molecule has 0 saturated carbocycles. The normalized spacial score (nSPS) is 13.6. The Morgan fingerprint density at radius 1 is 1.00 bits per heavy atom. The van der Waals surface area contributed by atoms with Gasteiger partial charge in [-0.15, -0.1) is 0 Å². The molecule has 0 atom stereocenters. The van der Waals surface area contributed by atoms with E-state index in [1.165, 1.54) is 27.6 Å². The summed E-state index contributed by atoms with van der Waals surface area (Å²) in [6.07, 6.45) is 5.29. The van der Waals surface area contributed by atoms with Gasteiger partial charge in [-0.25, -0.2) is 0 Å². The summed E-state index contributed by atoms with van der Waals surface area (Å²) in [5.41, 5.74) is 6.78. The molecule has 0 aromatic heterocycles. The maximum Gasteiger partial charge on any atom is 0.197 e. The van der Waals surface area contributed by atoms with E-state index in [1.807, 2.05) is 12.1 Å². The molecule has 0 amide bonds. The van der Waals surface area contributed by atoms with E-state index in [2.05, 4.69) is 64.5 Å². The maximum absolute atomic E-state index is 8.30. The van der Waals surface area contributed by atoms with Crippen LogP contribution in [0.3, 0.4) is 0 Å². The molecule has 2 aliphatic rings. The molecule has 4 heteroatoms. The van der Waals surface area contributed by atoms with Crippen LogP contribution < -0.4 is 16.0 Å². The first-order valence-electron chi connectivity index (χ1n) is 8.51. The molecule has 25 heavy (non-hydrogen) atoms. The summed E-state index contributed by atoms with van der Waals surface area (Å²) in [6, 6.07) is 16.7. The predicted molar refractivity (Wildman–Crippen MR) is 106 cm³/mol. The Morgan fingerprint density at radius 3 is 2.92 bits per heavy atom. The number of nitrogens with one attached hydrogen (secondary N) is 4. The fraction of sp³-hybridized carbons (Fsp3) is 0.0952. The van der Waals surface area contributed by atoms with Crippen molar-refractivity contribution in [2.24, 2.45) is 0 Å². The van der Waals surface area contributed by atoms with Crippen LogP contribution in [-0.2, 0) is 6.42 Å². The summed E-state index contributed by atoms with van der Waals surface area (Å²) in [6.45, 7) is 0.990. The third-order valence-electron chi connectivity index (χ3n) is 4.89. The highest BCUT2D eigenvalue weighted by Gasteiger charge is 2.14. The van der Waals surface area contributed by atoms with E-state index < -0.39 is 0 Å². The van der Waals surface area contributed by atoms with E-state index in [1.54, 1.807) is 0 Å². The number of anilines is 3. The van der Waals surface area contributed by atoms with Crippen LogP contribution in [-0.4, -0.2) is 12.5 Å². The smallest absolute Gasteiger partial charge is 0.197 e. The molecule has 5 rings (SSSR count). The highest BCUT2D eigenvalue weighted by Crippen LogP contribution is 2.36. The van der Waals surface area contributed by atoms with E-state index >= 15 is 0 Å². The highest BCUT2D eigenvalue weighted by atomic mass is 15.1. The van der Waals surface area contributed by atoms with Crippen molar-refractivity contribution in [2.75, 3.05) is 22.5 Å². The predicted octanol–water partition coefficient (Wildman–Crippen LogP) is 4.75. The third kappa shape index (κ3) is 2.34. The second kappa shape index (κ2) is 5.38. The molecular weight excluding hydrogens is 308 g/mol. The Labute approximate surface area is 146 Å². The minimum absolute atomic E-state index is 0.277. The molecule has 0 spiro atoms. The Morgan fingerprint density at radius 2 is 1.96 bits per heavy atom. The second-order valence-corrected chi connectivity index (χ2v) is 6.48. The number of benzene rings is 3. The van der Waals surface area contributed by atoms with E-state index in [-0.39, 0.29) is 5.96 Å². The first-order valence-corrected chi connectivity index (χ1v) is 8.51. The Balaban J connectivity index is 1.40. The number of guanidine groups is 1. The quantitative estimate of drug-likeness (QED) is 0.317. The van der Waals surface area contributed by atoms with Gasteiger partial charge in [-0.3, -0.25) is 5.41 Å². The summed E-state index contributed by atoms with van der Waals surface area (Å²) in [5, 5.41) is 20.5. The highest BCUT2D eigenvalue weighted by molar-refractivity contribution is 6.11. The Hall–Kier alpha value is -3.27.